The van der Waals surface area contributed by atoms with Crippen LogP contribution >= 0.6 is 23.4 Å². The van der Waals surface area contributed by atoms with E-state index in [0.29, 0.717) is 27.7 Å². The number of carbonyl (C=O) groups excluding carboxylic acids is 2. The van der Waals surface area contributed by atoms with E-state index in [1.54, 1.807) is 12.1 Å². The van der Waals surface area contributed by atoms with E-state index >= 15 is 0 Å². The van der Waals surface area contributed by atoms with Gasteiger partial charge >= 0.3 is 0 Å². The monoisotopic (exact) mass is 485 g/mol. The topological polar surface area (TPSA) is 61.4 Å². The highest BCUT2D eigenvalue weighted by atomic mass is 35.5. The zero-order valence-electron chi connectivity index (χ0n) is 19.3. The van der Waals surface area contributed by atoms with Crippen molar-refractivity contribution in [2.45, 2.75) is 44.4 Å². The number of halogens is 1. The molecule has 0 radical (unpaired) electrons. The molecule has 0 fully saturated rings. The third-order valence-electron chi connectivity index (χ3n) is 5.45. The van der Waals surface area contributed by atoms with Crippen LogP contribution in [0.15, 0.2) is 52.3 Å². The summed E-state index contributed by atoms with van der Waals surface area (Å²) in [6, 6.07) is 12.8. The molecule has 1 aliphatic rings. The van der Waals surface area contributed by atoms with E-state index in [1.165, 1.54) is 37.4 Å². The van der Waals surface area contributed by atoms with E-state index in [9.17, 15) is 9.59 Å². The second-order valence-corrected chi connectivity index (χ2v) is 9.66. The highest BCUT2D eigenvalue weighted by molar-refractivity contribution is 8.04. The molecule has 2 aromatic rings. The van der Waals surface area contributed by atoms with E-state index in [0.717, 1.165) is 30.1 Å². The van der Waals surface area contributed by atoms with Crippen molar-refractivity contribution in [1.82, 2.24) is 10.2 Å². The summed E-state index contributed by atoms with van der Waals surface area (Å²) in [5.41, 5.74) is 2.07. The smallest absolute Gasteiger partial charge is 0.262 e. The van der Waals surface area contributed by atoms with Crippen molar-refractivity contribution in [1.29, 1.82) is 0 Å². The number of carbonyl (C=O) groups is 2. The number of unbranched alkanes of at least 4 members (excludes halogenated alkanes) is 2. The van der Waals surface area contributed by atoms with Gasteiger partial charge in [0.05, 0.1) is 10.6 Å². The average Bonchev–Trinajstić information content (AvgIpc) is 2.80. The Morgan fingerprint density at radius 1 is 1.09 bits per heavy atom. The van der Waals surface area contributed by atoms with E-state index in [4.69, 9.17) is 11.6 Å². The van der Waals surface area contributed by atoms with Crippen LogP contribution in [0.3, 0.4) is 0 Å². The van der Waals surface area contributed by atoms with Crippen molar-refractivity contribution in [2.75, 3.05) is 31.5 Å². The molecule has 5 nitrogen and oxygen atoms in total. The van der Waals surface area contributed by atoms with Gasteiger partial charge in [0.25, 0.3) is 11.8 Å². The van der Waals surface area contributed by atoms with Crippen LogP contribution in [-0.2, 0) is 4.79 Å². The largest absolute Gasteiger partial charge is 0.351 e. The lowest BCUT2D eigenvalue weighted by Gasteiger charge is -2.22. The first-order valence-electron chi connectivity index (χ1n) is 11.6. The minimum atomic E-state index is -0.187. The molecule has 0 spiro atoms. The highest BCUT2D eigenvalue weighted by Crippen LogP contribution is 2.39. The number of hydrogen-bond donors (Lipinski definition) is 2. The Morgan fingerprint density at radius 2 is 1.85 bits per heavy atom. The van der Waals surface area contributed by atoms with Crippen LogP contribution in [0.25, 0.3) is 6.08 Å². The van der Waals surface area contributed by atoms with Crippen molar-refractivity contribution < 1.29 is 9.59 Å². The van der Waals surface area contributed by atoms with Crippen molar-refractivity contribution >= 4 is 46.9 Å². The number of rotatable bonds is 11. The molecular weight excluding hydrogens is 454 g/mol. The van der Waals surface area contributed by atoms with Crippen molar-refractivity contribution in [2.24, 2.45) is 0 Å². The average molecular weight is 486 g/mol. The molecule has 2 amide bonds. The van der Waals surface area contributed by atoms with Crippen LogP contribution < -0.4 is 10.6 Å². The SMILES string of the molecule is CCCCN(CCCC)CCNC(=O)c1ccc2c(c1)NC(=O)/C(=C\c1cccc(Cl)c1)S2. The number of thioether (sulfide) groups is 1. The van der Waals surface area contributed by atoms with Crippen LogP contribution in [0.1, 0.15) is 55.5 Å². The van der Waals surface area contributed by atoms with Gasteiger partial charge in [-0.05, 0) is 67.9 Å². The number of nitrogens with zero attached hydrogens (tertiary/aromatic N) is 1. The van der Waals surface area contributed by atoms with Gasteiger partial charge in [-0.3, -0.25) is 9.59 Å². The Hall–Kier alpha value is -2.28. The standard InChI is InChI=1S/C26H32ClN3O2S/c1-3-5-13-30(14-6-4-2)15-12-28-25(31)20-10-11-23-22(18-20)29-26(32)24(33-23)17-19-8-7-9-21(27)16-19/h7-11,16-18H,3-6,12-15H2,1-2H3,(H,28,31)(H,29,32)/b24-17+. The van der Waals surface area contributed by atoms with E-state index in [-0.39, 0.29) is 11.8 Å². The van der Waals surface area contributed by atoms with Gasteiger partial charge in [0, 0.05) is 28.6 Å². The van der Waals surface area contributed by atoms with Gasteiger partial charge in [-0.25, -0.2) is 0 Å². The zero-order chi connectivity index (χ0) is 23.6. The van der Waals surface area contributed by atoms with Gasteiger partial charge in [-0.1, -0.05) is 62.2 Å². The molecule has 1 aliphatic heterocycles. The zero-order valence-corrected chi connectivity index (χ0v) is 20.9. The Bertz CT molecular complexity index is 1000. The molecule has 33 heavy (non-hydrogen) atoms. The minimum absolute atomic E-state index is 0.122. The number of fused-ring (bicyclic) bond motifs is 1. The molecule has 0 saturated carbocycles. The summed E-state index contributed by atoms with van der Waals surface area (Å²) in [6.45, 7) is 7.99. The minimum Gasteiger partial charge on any atom is -0.351 e. The molecule has 3 rings (SSSR count). The number of anilines is 1. The summed E-state index contributed by atoms with van der Waals surface area (Å²) in [5, 5.41) is 6.56. The summed E-state index contributed by atoms with van der Waals surface area (Å²) >= 11 is 7.44. The van der Waals surface area contributed by atoms with E-state index in [1.807, 2.05) is 36.4 Å². The highest BCUT2D eigenvalue weighted by Gasteiger charge is 2.22. The normalized spacial score (nSPS) is 14.3. The quantitative estimate of drug-likeness (QED) is 0.380. The molecule has 2 N–H and O–H groups in total. The molecule has 0 aliphatic carbocycles. The van der Waals surface area contributed by atoms with Gasteiger partial charge in [0.1, 0.15) is 0 Å². The molecule has 1 heterocycles. The summed E-state index contributed by atoms with van der Waals surface area (Å²) in [7, 11) is 0. The Balaban J connectivity index is 1.60. The fourth-order valence-electron chi connectivity index (χ4n) is 3.58. The Labute approximate surface area is 206 Å². The molecule has 2 aromatic carbocycles. The summed E-state index contributed by atoms with van der Waals surface area (Å²) < 4.78 is 0. The van der Waals surface area contributed by atoms with Crippen molar-refractivity contribution in [3.8, 4) is 0 Å². The van der Waals surface area contributed by atoms with Crippen LogP contribution in [0, 0.1) is 0 Å². The van der Waals surface area contributed by atoms with Crippen molar-refractivity contribution in [3.63, 3.8) is 0 Å². The lowest BCUT2D eigenvalue weighted by atomic mass is 10.1. The molecule has 0 unspecified atom stereocenters. The molecule has 0 aromatic heterocycles. The van der Waals surface area contributed by atoms with Gasteiger partial charge in [0.15, 0.2) is 0 Å². The molecular formula is C26H32ClN3O2S. The molecule has 0 saturated heterocycles. The first kappa shape index (κ1) is 25.3. The number of benzene rings is 2. The molecule has 176 valence electrons. The second kappa shape index (κ2) is 12.8. The van der Waals surface area contributed by atoms with Crippen molar-refractivity contribution in [3.05, 3.63) is 63.5 Å². The third-order valence-corrected chi connectivity index (χ3v) is 6.78. The number of nitrogens with one attached hydrogen (secondary N) is 2. The molecule has 7 heteroatoms. The maximum atomic E-state index is 12.7. The summed E-state index contributed by atoms with van der Waals surface area (Å²) in [5.74, 6) is -0.309. The molecule has 0 atom stereocenters. The first-order valence-corrected chi connectivity index (χ1v) is 12.8. The lowest BCUT2D eigenvalue weighted by Crippen LogP contribution is -2.36. The van der Waals surface area contributed by atoms with Crippen LogP contribution in [0.5, 0.6) is 0 Å². The van der Waals surface area contributed by atoms with Gasteiger partial charge in [-0.2, -0.15) is 0 Å². The van der Waals surface area contributed by atoms with Crippen LogP contribution in [0.4, 0.5) is 5.69 Å². The number of amides is 2. The van der Waals surface area contributed by atoms with Crippen LogP contribution in [-0.4, -0.2) is 42.9 Å². The van der Waals surface area contributed by atoms with Gasteiger partial charge in [0.2, 0.25) is 0 Å². The maximum absolute atomic E-state index is 12.7. The fraction of sp³-hybridized carbons (Fsp3) is 0.385. The first-order chi connectivity index (χ1) is 16.0. The predicted octanol–water partition coefficient (Wildman–Crippen LogP) is 6.06. The Kier molecular flexibility index (Phi) is 9.85. The second-order valence-electron chi connectivity index (χ2n) is 8.14. The Morgan fingerprint density at radius 3 is 2.55 bits per heavy atom. The van der Waals surface area contributed by atoms with E-state index in [2.05, 4.69) is 29.4 Å². The predicted molar refractivity (Wildman–Crippen MR) is 139 cm³/mol. The lowest BCUT2D eigenvalue weighted by molar-refractivity contribution is -0.112. The summed E-state index contributed by atoms with van der Waals surface area (Å²) in [6.07, 6.45) is 6.51. The number of hydrogen-bond acceptors (Lipinski definition) is 4. The summed E-state index contributed by atoms with van der Waals surface area (Å²) in [4.78, 5) is 29.2. The van der Waals surface area contributed by atoms with Crippen LogP contribution in [0.2, 0.25) is 5.02 Å². The molecule has 0 bridgehead atoms. The van der Waals surface area contributed by atoms with Gasteiger partial charge in [-0.15, -0.1) is 0 Å². The third kappa shape index (κ3) is 7.63. The fourth-order valence-corrected chi connectivity index (χ4v) is 4.71. The van der Waals surface area contributed by atoms with E-state index < -0.39 is 0 Å². The maximum Gasteiger partial charge on any atom is 0.262 e. The van der Waals surface area contributed by atoms with Gasteiger partial charge < -0.3 is 15.5 Å².